The summed E-state index contributed by atoms with van der Waals surface area (Å²) < 4.78 is 36.0. The van der Waals surface area contributed by atoms with E-state index in [0.717, 1.165) is 21.5 Å². The number of rotatable bonds is 9. The highest BCUT2D eigenvalue weighted by atomic mass is 31.2. The fourth-order valence-corrected chi connectivity index (χ4v) is 4.98. The summed E-state index contributed by atoms with van der Waals surface area (Å²) in [6.45, 7) is 5.05. The Hall–Kier alpha value is -1.91. The molecule has 0 spiro atoms. The molecule has 0 fully saturated rings. The van der Waals surface area contributed by atoms with Gasteiger partial charge in [-0.2, -0.15) is 0 Å². The predicted octanol–water partition coefficient (Wildman–Crippen LogP) is 4.91. The van der Waals surface area contributed by atoms with Gasteiger partial charge in [0.2, 0.25) is 0 Å². The molecule has 0 unspecified atom stereocenters. The van der Waals surface area contributed by atoms with Gasteiger partial charge < -0.3 is 18.5 Å². The normalized spacial score (nSPS) is 12.0. The molecule has 6 heteroatoms. The van der Waals surface area contributed by atoms with Crippen molar-refractivity contribution in [2.24, 2.45) is 0 Å². The lowest BCUT2D eigenvalue weighted by molar-refractivity contribution is 0.148. The molecule has 0 bridgehead atoms. The second-order valence-electron chi connectivity index (χ2n) is 5.98. The highest BCUT2D eigenvalue weighted by Crippen LogP contribution is 2.50. The highest BCUT2D eigenvalue weighted by Gasteiger charge is 2.30. The molecule has 0 aromatic heterocycles. The van der Waals surface area contributed by atoms with E-state index in [1.807, 2.05) is 50.2 Å². The van der Waals surface area contributed by atoms with Crippen molar-refractivity contribution in [2.75, 3.05) is 33.5 Å². The number of hydrogen-bond acceptors (Lipinski definition) is 5. The lowest BCUT2D eigenvalue weighted by atomic mass is 10.0. The van der Waals surface area contributed by atoms with Crippen molar-refractivity contribution >= 4 is 34.4 Å². The largest absolute Gasteiger partial charge is 0.490 e. The maximum atomic E-state index is 13.5. The van der Waals surface area contributed by atoms with Gasteiger partial charge in [-0.15, -0.1) is 0 Å². The summed E-state index contributed by atoms with van der Waals surface area (Å²) >= 11 is 0. The standard InChI is InChI=1S/C21H25O5P/c1-4-25-27(22,26-5-2)19-12-8-10-17-15-16-9-6-7-11-18(16)21(20(17)19)24-14-13-23-3/h6-12,15H,4-5,13-14H2,1-3H3. The minimum absolute atomic E-state index is 0.293. The zero-order valence-electron chi connectivity index (χ0n) is 15.9. The molecular formula is C21H25O5P. The molecule has 0 saturated carbocycles. The fourth-order valence-electron chi connectivity index (χ4n) is 3.18. The van der Waals surface area contributed by atoms with Gasteiger partial charge in [0, 0.05) is 17.9 Å². The van der Waals surface area contributed by atoms with Crippen LogP contribution in [0.15, 0.2) is 48.5 Å². The summed E-state index contributed by atoms with van der Waals surface area (Å²) in [6.07, 6.45) is 0. The molecule has 3 rings (SSSR count). The molecule has 0 N–H and O–H groups in total. The zero-order chi connectivity index (χ0) is 19.3. The molecule has 5 nitrogen and oxygen atoms in total. The molecule has 0 radical (unpaired) electrons. The molecule has 0 saturated heterocycles. The number of ether oxygens (including phenoxy) is 2. The minimum atomic E-state index is -3.47. The lowest BCUT2D eigenvalue weighted by Gasteiger charge is -2.21. The van der Waals surface area contributed by atoms with Crippen LogP contribution in [0.1, 0.15) is 13.8 Å². The molecule has 0 aliphatic carbocycles. The van der Waals surface area contributed by atoms with E-state index < -0.39 is 7.60 Å². The van der Waals surface area contributed by atoms with Crippen LogP contribution in [0.4, 0.5) is 0 Å². The van der Waals surface area contributed by atoms with Crippen LogP contribution in [-0.4, -0.2) is 33.5 Å². The average molecular weight is 388 g/mol. The first-order chi connectivity index (χ1) is 13.1. The molecule has 3 aromatic rings. The Morgan fingerprint density at radius 2 is 1.59 bits per heavy atom. The van der Waals surface area contributed by atoms with Crippen LogP contribution in [0.3, 0.4) is 0 Å². The highest BCUT2D eigenvalue weighted by molar-refractivity contribution is 7.62. The van der Waals surface area contributed by atoms with Gasteiger partial charge in [-0.3, -0.25) is 4.57 Å². The fraction of sp³-hybridized carbons (Fsp3) is 0.333. The van der Waals surface area contributed by atoms with Crippen LogP contribution in [0.2, 0.25) is 0 Å². The van der Waals surface area contributed by atoms with Gasteiger partial charge >= 0.3 is 7.60 Å². The van der Waals surface area contributed by atoms with Gasteiger partial charge in [-0.05, 0) is 36.8 Å². The van der Waals surface area contributed by atoms with E-state index in [9.17, 15) is 4.57 Å². The quantitative estimate of drug-likeness (QED) is 0.296. The van der Waals surface area contributed by atoms with E-state index in [-0.39, 0.29) is 0 Å². The smallest absolute Gasteiger partial charge is 0.362 e. The Balaban J connectivity index is 2.32. The molecule has 27 heavy (non-hydrogen) atoms. The molecule has 3 aromatic carbocycles. The summed E-state index contributed by atoms with van der Waals surface area (Å²) in [5.74, 6) is 0.676. The molecule has 144 valence electrons. The van der Waals surface area contributed by atoms with Crippen molar-refractivity contribution in [3.05, 3.63) is 48.5 Å². The molecule has 0 aliphatic rings. The Morgan fingerprint density at radius 3 is 2.30 bits per heavy atom. The Kier molecular flexibility index (Phi) is 6.51. The van der Waals surface area contributed by atoms with Crippen molar-refractivity contribution in [2.45, 2.75) is 13.8 Å². The average Bonchev–Trinajstić information content (AvgIpc) is 2.67. The van der Waals surface area contributed by atoms with E-state index in [1.54, 1.807) is 13.2 Å². The summed E-state index contributed by atoms with van der Waals surface area (Å²) in [6, 6.07) is 15.7. The first kappa shape index (κ1) is 19.8. The zero-order valence-corrected chi connectivity index (χ0v) is 16.8. The Labute approximate surface area is 159 Å². The van der Waals surface area contributed by atoms with Crippen molar-refractivity contribution in [1.29, 1.82) is 0 Å². The van der Waals surface area contributed by atoms with Crippen molar-refractivity contribution in [1.82, 2.24) is 0 Å². The van der Waals surface area contributed by atoms with E-state index in [2.05, 4.69) is 6.07 Å². The van der Waals surface area contributed by atoms with E-state index >= 15 is 0 Å². The maximum Gasteiger partial charge on any atom is 0.362 e. The van der Waals surface area contributed by atoms with Gasteiger partial charge in [0.1, 0.15) is 12.4 Å². The molecule has 0 aliphatic heterocycles. The van der Waals surface area contributed by atoms with Crippen LogP contribution in [0, 0.1) is 0 Å². The summed E-state index contributed by atoms with van der Waals surface area (Å²) in [4.78, 5) is 0. The summed E-state index contributed by atoms with van der Waals surface area (Å²) in [5, 5.41) is 4.22. The van der Waals surface area contributed by atoms with Crippen molar-refractivity contribution in [3.63, 3.8) is 0 Å². The Bertz CT molecular complexity index is 959. The van der Waals surface area contributed by atoms with E-state index in [4.69, 9.17) is 18.5 Å². The first-order valence-electron chi connectivity index (χ1n) is 9.10. The minimum Gasteiger partial charge on any atom is -0.490 e. The second kappa shape index (κ2) is 8.85. The van der Waals surface area contributed by atoms with Gasteiger partial charge in [0.15, 0.2) is 0 Å². The third kappa shape index (κ3) is 4.02. The molecule has 0 atom stereocenters. The van der Waals surface area contributed by atoms with Crippen molar-refractivity contribution < 1.29 is 23.1 Å². The molecular weight excluding hydrogens is 363 g/mol. The Morgan fingerprint density at radius 1 is 0.889 bits per heavy atom. The van der Waals surface area contributed by atoms with Gasteiger partial charge in [0.05, 0.1) is 25.1 Å². The van der Waals surface area contributed by atoms with Crippen molar-refractivity contribution in [3.8, 4) is 5.75 Å². The van der Waals surface area contributed by atoms with Crippen LogP contribution in [0.25, 0.3) is 21.5 Å². The van der Waals surface area contributed by atoms with Crippen LogP contribution in [-0.2, 0) is 18.3 Å². The van der Waals surface area contributed by atoms with Crippen LogP contribution in [0.5, 0.6) is 5.75 Å². The summed E-state index contributed by atoms with van der Waals surface area (Å²) in [7, 11) is -1.84. The predicted molar refractivity (Wildman–Crippen MR) is 109 cm³/mol. The first-order valence-corrected chi connectivity index (χ1v) is 10.6. The van der Waals surface area contributed by atoms with E-state index in [0.29, 0.717) is 37.5 Å². The lowest BCUT2D eigenvalue weighted by Crippen LogP contribution is -2.14. The second-order valence-corrected chi connectivity index (χ2v) is 7.97. The van der Waals surface area contributed by atoms with Gasteiger partial charge in [0.25, 0.3) is 0 Å². The molecule has 0 heterocycles. The third-order valence-electron chi connectivity index (χ3n) is 4.25. The van der Waals surface area contributed by atoms with E-state index in [1.165, 1.54) is 0 Å². The van der Waals surface area contributed by atoms with Crippen LogP contribution < -0.4 is 10.0 Å². The number of fused-ring (bicyclic) bond motifs is 2. The number of methoxy groups -OCH3 is 1. The summed E-state index contributed by atoms with van der Waals surface area (Å²) in [5.41, 5.74) is 0. The van der Waals surface area contributed by atoms with Gasteiger partial charge in [-0.25, -0.2) is 0 Å². The number of benzene rings is 3. The van der Waals surface area contributed by atoms with Gasteiger partial charge in [-0.1, -0.05) is 36.4 Å². The monoisotopic (exact) mass is 388 g/mol. The maximum absolute atomic E-state index is 13.5. The topological polar surface area (TPSA) is 54.0 Å². The third-order valence-corrected chi connectivity index (χ3v) is 6.40. The number of hydrogen-bond donors (Lipinski definition) is 0. The van der Waals surface area contributed by atoms with Crippen LogP contribution >= 0.6 is 7.60 Å². The molecule has 0 amide bonds. The SMILES string of the molecule is CCOP(=O)(OCC)c1cccc2cc3ccccc3c(OCCOC)c12.